The van der Waals surface area contributed by atoms with Gasteiger partial charge >= 0.3 is 0 Å². The molecule has 0 aliphatic heterocycles. The van der Waals surface area contributed by atoms with E-state index in [0.29, 0.717) is 6.54 Å². The van der Waals surface area contributed by atoms with E-state index < -0.39 is 0 Å². The highest BCUT2D eigenvalue weighted by Gasteiger charge is 2.15. The van der Waals surface area contributed by atoms with E-state index in [1.165, 1.54) is 0 Å². The Bertz CT molecular complexity index is 732. The van der Waals surface area contributed by atoms with E-state index in [1.807, 2.05) is 42.5 Å². The first-order valence-electron chi connectivity index (χ1n) is 6.48. The van der Waals surface area contributed by atoms with Gasteiger partial charge in [-0.1, -0.05) is 12.1 Å². The molecule has 0 aliphatic rings. The minimum atomic E-state index is 0.125. The van der Waals surface area contributed by atoms with Crippen LogP contribution in [-0.4, -0.2) is 20.7 Å². The zero-order valence-corrected chi connectivity index (χ0v) is 12.2. The second-order valence-corrected chi connectivity index (χ2v) is 5.56. The van der Waals surface area contributed by atoms with Crippen LogP contribution in [0.15, 0.2) is 29.6 Å². The quantitative estimate of drug-likeness (QED) is 0.801. The topological polar surface area (TPSA) is 65.4 Å². The van der Waals surface area contributed by atoms with E-state index in [0.717, 1.165) is 27.8 Å². The summed E-state index contributed by atoms with van der Waals surface area (Å²) in [5, 5.41) is 10.3. The molecule has 0 amide bonds. The van der Waals surface area contributed by atoms with E-state index >= 15 is 0 Å². The largest absolute Gasteiger partial charge is 0.490 e. The van der Waals surface area contributed by atoms with Crippen molar-refractivity contribution in [2.75, 3.05) is 0 Å². The molecule has 3 aromatic rings. The summed E-state index contributed by atoms with van der Waals surface area (Å²) in [6, 6.07) is 7.99. The van der Waals surface area contributed by atoms with Gasteiger partial charge in [-0.05, 0) is 26.0 Å². The Kier molecular flexibility index (Phi) is 3.42. The maximum atomic E-state index is 5.89. The summed E-state index contributed by atoms with van der Waals surface area (Å²) in [5.74, 6) is 1.62. The molecule has 3 rings (SSSR count). The summed E-state index contributed by atoms with van der Waals surface area (Å²) in [6.45, 7) is 4.40. The molecule has 0 saturated heterocycles. The molecule has 5 nitrogen and oxygen atoms in total. The number of benzene rings is 1. The second kappa shape index (κ2) is 5.22. The van der Waals surface area contributed by atoms with Crippen LogP contribution in [-0.2, 0) is 6.54 Å². The first-order valence-corrected chi connectivity index (χ1v) is 7.36. The van der Waals surface area contributed by atoms with Gasteiger partial charge in [-0.2, -0.15) is 0 Å². The number of ether oxygens (including phenoxy) is 1. The zero-order chi connectivity index (χ0) is 14.1. The van der Waals surface area contributed by atoms with Gasteiger partial charge in [0.05, 0.1) is 18.3 Å². The molecule has 2 aromatic heterocycles. The lowest BCUT2D eigenvalue weighted by Gasteiger charge is -2.13. The average Bonchev–Trinajstić information content (AvgIpc) is 3.00. The fraction of sp³-hybridized carbons (Fsp3) is 0.286. The summed E-state index contributed by atoms with van der Waals surface area (Å²) in [7, 11) is 0. The predicted molar refractivity (Wildman–Crippen MR) is 80.0 cm³/mol. The fourth-order valence-electron chi connectivity index (χ4n) is 2.13. The maximum absolute atomic E-state index is 5.89. The Hall–Kier alpha value is -1.92. The van der Waals surface area contributed by atoms with Gasteiger partial charge in [0.25, 0.3) is 0 Å². The van der Waals surface area contributed by atoms with E-state index in [-0.39, 0.29) is 6.10 Å². The summed E-state index contributed by atoms with van der Waals surface area (Å²) < 4.78 is 7.88. The minimum Gasteiger partial charge on any atom is -0.490 e. The van der Waals surface area contributed by atoms with Crippen LogP contribution in [0.2, 0.25) is 0 Å². The molecule has 20 heavy (non-hydrogen) atoms. The molecule has 104 valence electrons. The molecule has 2 heterocycles. The smallest absolute Gasteiger partial charge is 0.216 e. The molecule has 6 heteroatoms. The lowest BCUT2D eigenvalue weighted by Crippen LogP contribution is -2.07. The molecule has 2 N–H and O–H groups in total. The van der Waals surface area contributed by atoms with Crippen molar-refractivity contribution in [3.63, 3.8) is 0 Å². The molecule has 0 unspecified atom stereocenters. The fourth-order valence-corrected chi connectivity index (χ4v) is 2.98. The molecule has 0 atom stereocenters. The van der Waals surface area contributed by atoms with Crippen LogP contribution in [0.4, 0.5) is 0 Å². The van der Waals surface area contributed by atoms with Crippen molar-refractivity contribution in [3.05, 3.63) is 35.5 Å². The van der Waals surface area contributed by atoms with Crippen molar-refractivity contribution in [2.24, 2.45) is 5.73 Å². The summed E-state index contributed by atoms with van der Waals surface area (Å²) in [4.78, 5) is 0.847. The Morgan fingerprint density at radius 2 is 2.10 bits per heavy atom. The molecule has 0 fully saturated rings. The van der Waals surface area contributed by atoms with Crippen molar-refractivity contribution in [2.45, 2.75) is 26.5 Å². The number of fused-ring (bicyclic) bond motifs is 1. The zero-order valence-electron chi connectivity index (χ0n) is 11.4. The highest BCUT2D eigenvalue weighted by Crippen LogP contribution is 2.33. The summed E-state index contributed by atoms with van der Waals surface area (Å²) in [5.41, 5.74) is 7.79. The number of nitrogens with two attached hydrogens (primary N) is 1. The van der Waals surface area contributed by atoms with Gasteiger partial charge in [-0.15, -0.1) is 21.5 Å². The van der Waals surface area contributed by atoms with Gasteiger partial charge in [0.1, 0.15) is 5.75 Å². The molecular formula is C14H16N4OS. The van der Waals surface area contributed by atoms with Crippen molar-refractivity contribution in [1.82, 2.24) is 14.6 Å². The lowest BCUT2D eigenvalue weighted by molar-refractivity contribution is 0.243. The van der Waals surface area contributed by atoms with Gasteiger partial charge in [0.15, 0.2) is 5.82 Å². The first-order chi connectivity index (χ1) is 9.70. The third kappa shape index (κ3) is 2.17. The van der Waals surface area contributed by atoms with Crippen molar-refractivity contribution in [1.29, 1.82) is 0 Å². The predicted octanol–water partition coefficient (Wildman–Crippen LogP) is 2.70. The minimum absolute atomic E-state index is 0.125. The van der Waals surface area contributed by atoms with Crippen LogP contribution < -0.4 is 10.5 Å². The number of nitrogens with zero attached hydrogens (tertiary/aromatic N) is 3. The molecule has 1 aromatic carbocycles. The highest BCUT2D eigenvalue weighted by molar-refractivity contribution is 7.15. The third-order valence-corrected chi connectivity index (χ3v) is 3.74. The van der Waals surface area contributed by atoms with Crippen LogP contribution in [0.3, 0.4) is 0 Å². The Morgan fingerprint density at radius 3 is 2.85 bits per heavy atom. The van der Waals surface area contributed by atoms with Crippen LogP contribution in [0.25, 0.3) is 16.2 Å². The Balaban J connectivity index is 2.18. The van der Waals surface area contributed by atoms with Gasteiger partial charge in [0.2, 0.25) is 4.96 Å². The summed E-state index contributed by atoms with van der Waals surface area (Å²) in [6.07, 6.45) is 0.125. The molecular weight excluding hydrogens is 272 g/mol. The van der Waals surface area contributed by atoms with Crippen LogP contribution in [0.1, 0.15) is 19.7 Å². The van der Waals surface area contributed by atoms with Crippen LogP contribution in [0, 0.1) is 0 Å². The number of thiazole rings is 1. The number of para-hydroxylation sites is 1. The van der Waals surface area contributed by atoms with Gasteiger partial charge in [-0.3, -0.25) is 4.40 Å². The normalized spacial score (nSPS) is 11.4. The Labute approximate surface area is 121 Å². The molecule has 0 aliphatic carbocycles. The van der Waals surface area contributed by atoms with Gasteiger partial charge in [-0.25, -0.2) is 0 Å². The number of aromatic nitrogens is 3. The van der Waals surface area contributed by atoms with E-state index in [1.54, 1.807) is 11.3 Å². The van der Waals surface area contributed by atoms with Crippen molar-refractivity contribution >= 4 is 16.3 Å². The number of hydrogen-bond donors (Lipinski definition) is 1. The van der Waals surface area contributed by atoms with Crippen molar-refractivity contribution in [3.8, 4) is 17.0 Å². The Morgan fingerprint density at radius 1 is 1.30 bits per heavy atom. The number of rotatable bonds is 4. The highest BCUT2D eigenvalue weighted by atomic mass is 32.1. The third-order valence-electron chi connectivity index (χ3n) is 2.93. The second-order valence-electron chi connectivity index (χ2n) is 4.72. The molecule has 0 spiro atoms. The molecule has 0 bridgehead atoms. The number of hydrogen-bond acceptors (Lipinski definition) is 5. The summed E-state index contributed by atoms with van der Waals surface area (Å²) >= 11 is 1.55. The van der Waals surface area contributed by atoms with Gasteiger partial charge < -0.3 is 10.5 Å². The first kappa shape index (κ1) is 13.1. The SMILES string of the molecule is CC(C)Oc1ccccc1-c1csc2nnc(CN)n12. The molecule has 0 saturated carbocycles. The van der Waals surface area contributed by atoms with Crippen LogP contribution >= 0.6 is 11.3 Å². The van der Waals surface area contributed by atoms with Gasteiger partial charge in [0, 0.05) is 10.9 Å². The monoisotopic (exact) mass is 288 g/mol. The standard InChI is InChI=1S/C14H16N4OS/c1-9(2)19-12-6-4-3-5-10(12)11-8-20-14-17-16-13(7-15)18(11)14/h3-6,8-9H,7,15H2,1-2H3. The maximum Gasteiger partial charge on any atom is 0.216 e. The van der Waals surface area contributed by atoms with E-state index in [9.17, 15) is 0 Å². The van der Waals surface area contributed by atoms with E-state index in [2.05, 4.69) is 15.6 Å². The van der Waals surface area contributed by atoms with E-state index in [4.69, 9.17) is 10.5 Å². The molecule has 0 radical (unpaired) electrons. The van der Waals surface area contributed by atoms with Crippen molar-refractivity contribution < 1.29 is 4.74 Å². The lowest BCUT2D eigenvalue weighted by atomic mass is 10.1. The van der Waals surface area contributed by atoms with Crippen LogP contribution in [0.5, 0.6) is 5.75 Å². The average molecular weight is 288 g/mol.